The maximum absolute atomic E-state index is 4.66. The van der Waals surface area contributed by atoms with Crippen LogP contribution < -0.4 is 15.5 Å². The predicted molar refractivity (Wildman–Crippen MR) is 112 cm³/mol. The van der Waals surface area contributed by atoms with E-state index < -0.39 is 0 Å². The molecule has 1 aliphatic heterocycles. The number of rotatable bonds is 7. The van der Waals surface area contributed by atoms with Crippen LogP contribution in [-0.2, 0) is 6.54 Å². The van der Waals surface area contributed by atoms with Gasteiger partial charge < -0.3 is 15.5 Å². The summed E-state index contributed by atoms with van der Waals surface area (Å²) in [6, 6.07) is 4.22. The van der Waals surface area contributed by atoms with Crippen molar-refractivity contribution in [1.29, 1.82) is 0 Å². The normalized spacial score (nSPS) is 14.5. The number of halogens is 1. The lowest BCUT2D eigenvalue weighted by molar-refractivity contribution is 0.842. The molecule has 1 saturated heterocycles. The fourth-order valence-corrected chi connectivity index (χ4v) is 2.77. The van der Waals surface area contributed by atoms with E-state index in [1.54, 1.807) is 0 Å². The lowest BCUT2D eigenvalue weighted by atomic mass is 10.2. The molecule has 2 N–H and O–H groups in total. The van der Waals surface area contributed by atoms with Crippen LogP contribution in [0.5, 0.6) is 0 Å². The van der Waals surface area contributed by atoms with Crippen LogP contribution in [0.25, 0.3) is 0 Å². The van der Waals surface area contributed by atoms with E-state index in [1.807, 2.05) is 18.0 Å². The van der Waals surface area contributed by atoms with Gasteiger partial charge in [0.05, 0.1) is 6.54 Å². The third-order valence-corrected chi connectivity index (χ3v) is 4.21. The number of hydrogen-bond acceptors (Lipinski definition) is 4. The first-order valence-corrected chi connectivity index (χ1v) is 9.44. The Labute approximate surface area is 161 Å². The van der Waals surface area contributed by atoms with Crippen molar-refractivity contribution in [2.75, 3.05) is 43.1 Å². The maximum Gasteiger partial charge on any atom is 0.191 e. The number of aromatic nitrogens is 1. The van der Waals surface area contributed by atoms with Crippen molar-refractivity contribution in [1.82, 2.24) is 15.6 Å². The molecular weight excluding hydrogens is 421 g/mol. The molecule has 7 heteroatoms. The van der Waals surface area contributed by atoms with Crippen LogP contribution in [0.3, 0.4) is 0 Å². The first kappa shape index (κ1) is 20.3. The smallest absolute Gasteiger partial charge is 0.191 e. The number of thioether (sulfide) groups is 1. The van der Waals surface area contributed by atoms with Gasteiger partial charge >= 0.3 is 0 Å². The van der Waals surface area contributed by atoms with Crippen molar-refractivity contribution in [3.63, 3.8) is 0 Å². The van der Waals surface area contributed by atoms with Crippen LogP contribution in [0, 0.1) is 0 Å². The summed E-state index contributed by atoms with van der Waals surface area (Å²) in [6.45, 7) is 6.82. The summed E-state index contributed by atoms with van der Waals surface area (Å²) < 4.78 is 0. The van der Waals surface area contributed by atoms with Crippen molar-refractivity contribution < 1.29 is 0 Å². The Hall–Kier alpha value is -0.700. The highest BCUT2D eigenvalue weighted by Crippen LogP contribution is 2.18. The first-order valence-electron chi connectivity index (χ1n) is 8.04. The number of aliphatic imine (C=N–C) groups is 1. The van der Waals surface area contributed by atoms with Crippen molar-refractivity contribution in [2.45, 2.75) is 26.3 Å². The fraction of sp³-hybridized carbons (Fsp3) is 0.625. The molecule has 0 amide bonds. The summed E-state index contributed by atoms with van der Waals surface area (Å²) in [5.74, 6) is 3.06. The summed E-state index contributed by atoms with van der Waals surface area (Å²) in [6.07, 6.45) is 6.55. The van der Waals surface area contributed by atoms with Gasteiger partial charge in [-0.25, -0.2) is 9.98 Å². The Morgan fingerprint density at radius 3 is 2.83 bits per heavy atom. The van der Waals surface area contributed by atoms with Crippen LogP contribution in [0.15, 0.2) is 23.3 Å². The second kappa shape index (κ2) is 11.8. The van der Waals surface area contributed by atoms with Gasteiger partial charge in [0.15, 0.2) is 5.96 Å². The summed E-state index contributed by atoms with van der Waals surface area (Å²) >= 11 is 1.83. The zero-order valence-electron chi connectivity index (χ0n) is 14.0. The average molecular weight is 449 g/mol. The average Bonchev–Trinajstić information content (AvgIpc) is 3.07. The Morgan fingerprint density at radius 2 is 2.13 bits per heavy atom. The molecule has 5 nitrogen and oxygen atoms in total. The number of nitrogens with one attached hydrogen (secondary N) is 2. The molecule has 2 heterocycles. The topological polar surface area (TPSA) is 52.6 Å². The Morgan fingerprint density at radius 1 is 1.35 bits per heavy atom. The molecule has 1 aromatic rings. The standard InChI is InChI=1S/C16H27N5S.HI/c1-3-17-16(19-8-11-22-2)20-13-14-6-7-18-15(12-14)21-9-4-5-10-21;/h6-7,12H,3-5,8-11,13H2,1-2H3,(H2,17,19,20);1H. The molecule has 0 saturated carbocycles. The van der Waals surface area contributed by atoms with Crippen LogP contribution in [0.1, 0.15) is 25.3 Å². The molecule has 0 unspecified atom stereocenters. The van der Waals surface area contributed by atoms with Gasteiger partial charge in [0.1, 0.15) is 5.82 Å². The summed E-state index contributed by atoms with van der Waals surface area (Å²) in [5.41, 5.74) is 1.21. The van der Waals surface area contributed by atoms with Gasteiger partial charge in [-0.1, -0.05) is 0 Å². The van der Waals surface area contributed by atoms with Crippen molar-refractivity contribution in [2.24, 2.45) is 4.99 Å². The van der Waals surface area contributed by atoms with E-state index in [-0.39, 0.29) is 24.0 Å². The zero-order chi connectivity index (χ0) is 15.6. The molecule has 0 radical (unpaired) electrons. The Balaban J connectivity index is 0.00000264. The lowest BCUT2D eigenvalue weighted by Crippen LogP contribution is -2.38. The molecule has 1 aromatic heterocycles. The minimum absolute atomic E-state index is 0. The fourth-order valence-electron chi connectivity index (χ4n) is 2.46. The summed E-state index contributed by atoms with van der Waals surface area (Å²) in [4.78, 5) is 11.5. The van der Waals surface area contributed by atoms with Crippen LogP contribution in [-0.4, -0.2) is 49.1 Å². The van der Waals surface area contributed by atoms with E-state index in [4.69, 9.17) is 0 Å². The highest BCUT2D eigenvalue weighted by molar-refractivity contribution is 14.0. The predicted octanol–water partition coefficient (Wildman–Crippen LogP) is 2.72. The van der Waals surface area contributed by atoms with Gasteiger partial charge in [-0.15, -0.1) is 24.0 Å². The number of nitrogens with zero attached hydrogens (tertiary/aromatic N) is 3. The van der Waals surface area contributed by atoms with Gasteiger partial charge in [0.2, 0.25) is 0 Å². The van der Waals surface area contributed by atoms with Crippen LogP contribution >= 0.6 is 35.7 Å². The van der Waals surface area contributed by atoms with E-state index in [9.17, 15) is 0 Å². The van der Waals surface area contributed by atoms with E-state index in [0.29, 0.717) is 6.54 Å². The highest BCUT2D eigenvalue weighted by atomic mass is 127. The van der Waals surface area contributed by atoms with E-state index >= 15 is 0 Å². The second-order valence-corrected chi connectivity index (χ2v) is 6.32. The molecule has 1 fully saturated rings. The molecular formula is C16H28IN5S. The SMILES string of the molecule is CCNC(=NCc1ccnc(N2CCCC2)c1)NCCSC.I. The number of guanidine groups is 1. The zero-order valence-corrected chi connectivity index (χ0v) is 17.2. The van der Waals surface area contributed by atoms with Crippen molar-refractivity contribution in [3.8, 4) is 0 Å². The Bertz CT molecular complexity index is 477. The van der Waals surface area contributed by atoms with Gasteiger partial charge in [0, 0.05) is 38.1 Å². The molecule has 0 spiro atoms. The molecule has 0 bridgehead atoms. The minimum Gasteiger partial charge on any atom is -0.357 e. The van der Waals surface area contributed by atoms with Gasteiger partial charge in [-0.05, 0) is 43.7 Å². The first-order chi connectivity index (χ1) is 10.8. The molecule has 2 rings (SSSR count). The van der Waals surface area contributed by atoms with Gasteiger partial charge in [0.25, 0.3) is 0 Å². The van der Waals surface area contributed by atoms with Gasteiger partial charge in [-0.2, -0.15) is 11.8 Å². The maximum atomic E-state index is 4.66. The second-order valence-electron chi connectivity index (χ2n) is 5.33. The number of anilines is 1. The van der Waals surface area contributed by atoms with Crippen LogP contribution in [0.4, 0.5) is 5.82 Å². The number of hydrogen-bond donors (Lipinski definition) is 2. The van der Waals surface area contributed by atoms with Crippen LogP contribution in [0.2, 0.25) is 0 Å². The highest BCUT2D eigenvalue weighted by Gasteiger charge is 2.13. The van der Waals surface area contributed by atoms with Gasteiger partial charge in [-0.3, -0.25) is 0 Å². The summed E-state index contributed by atoms with van der Waals surface area (Å²) in [7, 11) is 0. The third kappa shape index (κ3) is 7.15. The van der Waals surface area contributed by atoms with Crippen molar-refractivity contribution in [3.05, 3.63) is 23.9 Å². The number of pyridine rings is 1. The molecule has 23 heavy (non-hydrogen) atoms. The third-order valence-electron chi connectivity index (χ3n) is 3.60. The molecule has 1 aliphatic rings. The van der Waals surface area contributed by atoms with E-state index in [1.165, 1.54) is 18.4 Å². The largest absolute Gasteiger partial charge is 0.357 e. The van der Waals surface area contributed by atoms with E-state index in [2.05, 4.69) is 50.8 Å². The Kier molecular flexibility index (Phi) is 10.4. The van der Waals surface area contributed by atoms with Crippen molar-refractivity contribution >= 4 is 47.5 Å². The lowest BCUT2D eigenvalue weighted by Gasteiger charge is -2.16. The molecule has 0 aliphatic carbocycles. The molecule has 0 aromatic carbocycles. The molecule has 0 atom stereocenters. The van der Waals surface area contributed by atoms with E-state index in [0.717, 1.165) is 43.7 Å². The quantitative estimate of drug-likeness (QED) is 0.290. The minimum atomic E-state index is 0. The molecule has 130 valence electrons. The summed E-state index contributed by atoms with van der Waals surface area (Å²) in [5, 5.41) is 6.64. The monoisotopic (exact) mass is 449 g/mol.